The molecule has 2 saturated heterocycles. The van der Waals surface area contributed by atoms with Crippen LogP contribution in [-0.2, 0) is 14.3 Å². The van der Waals surface area contributed by atoms with Crippen molar-refractivity contribution in [1.82, 2.24) is 0 Å². The SMILES string of the molecule is CC1CC[C@@]2(OC1)O[C@H]1C[C@H]3[C@@H]4CCC5CCCC(O)[C@]5(C)[C@H]4C(=O)C[C@]3(C)[C@H]1[C@@H]2C. The number of aliphatic hydroxyl groups is 1. The lowest BCUT2D eigenvalue weighted by molar-refractivity contribution is -0.273. The largest absolute Gasteiger partial charge is 0.393 e. The van der Waals surface area contributed by atoms with E-state index in [1.165, 1.54) is 19.3 Å². The molecular weight excluding hydrogens is 388 g/mol. The van der Waals surface area contributed by atoms with Crippen LogP contribution in [0.1, 0.15) is 85.5 Å². The number of Topliss-reactive ketones (excluding diaryl/α,β-unsaturated/α-hetero) is 1. The quantitative estimate of drug-likeness (QED) is 0.589. The third kappa shape index (κ3) is 2.62. The zero-order valence-electron chi connectivity index (χ0n) is 19.9. The normalized spacial score (nSPS) is 60.9. The Hall–Kier alpha value is -0.450. The lowest BCUT2D eigenvalue weighted by Crippen LogP contribution is -2.61. The fourth-order valence-corrected chi connectivity index (χ4v) is 10.1. The Balaban J connectivity index is 1.32. The van der Waals surface area contributed by atoms with Gasteiger partial charge in [-0.05, 0) is 73.5 Å². The van der Waals surface area contributed by atoms with Gasteiger partial charge in [-0.1, -0.05) is 34.1 Å². The van der Waals surface area contributed by atoms with E-state index in [9.17, 15) is 9.90 Å². The number of hydrogen-bond donors (Lipinski definition) is 1. The van der Waals surface area contributed by atoms with E-state index in [0.717, 1.165) is 38.7 Å². The van der Waals surface area contributed by atoms with E-state index in [2.05, 4.69) is 27.7 Å². The summed E-state index contributed by atoms with van der Waals surface area (Å²) in [7, 11) is 0. The van der Waals surface area contributed by atoms with Gasteiger partial charge in [0.1, 0.15) is 5.78 Å². The minimum Gasteiger partial charge on any atom is -0.393 e. The summed E-state index contributed by atoms with van der Waals surface area (Å²) in [6.45, 7) is 10.1. The number of carbonyl (C=O) groups excluding carboxylic acids is 1. The molecule has 0 bridgehead atoms. The highest BCUT2D eigenvalue weighted by Gasteiger charge is 2.71. The van der Waals surface area contributed by atoms with Gasteiger partial charge in [0.05, 0.1) is 18.8 Å². The molecule has 12 atom stereocenters. The number of hydrogen-bond acceptors (Lipinski definition) is 4. The molecule has 6 rings (SSSR count). The van der Waals surface area contributed by atoms with E-state index in [1.807, 2.05) is 0 Å². The lowest BCUT2D eigenvalue weighted by Gasteiger charge is -2.61. The maximum absolute atomic E-state index is 13.9. The van der Waals surface area contributed by atoms with Crippen LogP contribution in [0, 0.1) is 52.3 Å². The van der Waals surface area contributed by atoms with Gasteiger partial charge in [-0.3, -0.25) is 4.79 Å². The Morgan fingerprint density at radius 3 is 2.61 bits per heavy atom. The van der Waals surface area contributed by atoms with Crippen molar-refractivity contribution in [2.45, 2.75) is 103 Å². The second-order valence-corrected chi connectivity index (χ2v) is 13.0. The lowest BCUT2D eigenvalue weighted by atomic mass is 9.43. The molecule has 0 radical (unpaired) electrons. The first kappa shape index (κ1) is 21.1. The minimum absolute atomic E-state index is 0.0150. The Labute approximate surface area is 187 Å². The number of fused-ring (bicyclic) bond motifs is 7. The van der Waals surface area contributed by atoms with E-state index >= 15 is 0 Å². The molecule has 0 aromatic carbocycles. The molecule has 4 nitrogen and oxygen atoms in total. The second kappa shape index (κ2) is 6.79. The molecule has 2 heterocycles. The highest BCUT2D eigenvalue weighted by atomic mass is 16.7. The van der Waals surface area contributed by atoms with E-state index in [-0.39, 0.29) is 29.0 Å². The average molecular weight is 431 g/mol. The van der Waals surface area contributed by atoms with Crippen LogP contribution >= 0.6 is 0 Å². The fourth-order valence-electron chi connectivity index (χ4n) is 10.1. The van der Waals surface area contributed by atoms with Gasteiger partial charge < -0.3 is 14.6 Å². The van der Waals surface area contributed by atoms with Crippen LogP contribution in [0.5, 0.6) is 0 Å². The molecule has 4 saturated carbocycles. The standard InChI is InChI=1S/C27H42O4/c1-15-10-11-27(30-14-15)16(2)23-21(31-27)12-19-18-9-8-17-6-5-7-22(29)26(17,4)24(18)20(28)13-25(19,23)3/h15-19,21-24,29H,5-14H2,1-4H3/t15?,16-,17?,18-,19-,21-,22?,23-,24+,25-,26+,27+/m0/s1. The molecule has 174 valence electrons. The first-order valence-corrected chi connectivity index (χ1v) is 13.2. The Bertz CT molecular complexity index is 756. The topological polar surface area (TPSA) is 55.8 Å². The first-order chi connectivity index (χ1) is 14.7. The van der Waals surface area contributed by atoms with Crippen LogP contribution in [0.3, 0.4) is 0 Å². The molecule has 0 aromatic rings. The van der Waals surface area contributed by atoms with Crippen LogP contribution in [-0.4, -0.2) is 35.5 Å². The predicted octanol–water partition coefficient (Wildman–Crippen LogP) is 4.97. The smallest absolute Gasteiger partial charge is 0.171 e. The molecule has 2 aliphatic heterocycles. The van der Waals surface area contributed by atoms with Crippen LogP contribution < -0.4 is 0 Å². The van der Waals surface area contributed by atoms with Gasteiger partial charge in [0.2, 0.25) is 0 Å². The second-order valence-electron chi connectivity index (χ2n) is 13.0. The number of ether oxygens (including phenoxy) is 2. The van der Waals surface area contributed by atoms with Gasteiger partial charge in [0.25, 0.3) is 0 Å². The van der Waals surface area contributed by atoms with Gasteiger partial charge in [0, 0.05) is 30.1 Å². The van der Waals surface area contributed by atoms with Gasteiger partial charge in [0.15, 0.2) is 5.79 Å². The van der Waals surface area contributed by atoms with Crippen molar-refractivity contribution < 1.29 is 19.4 Å². The molecule has 31 heavy (non-hydrogen) atoms. The first-order valence-electron chi connectivity index (χ1n) is 13.2. The zero-order valence-corrected chi connectivity index (χ0v) is 19.9. The number of rotatable bonds is 0. The highest BCUT2D eigenvalue weighted by Crippen LogP contribution is 2.70. The van der Waals surface area contributed by atoms with Gasteiger partial charge in [-0.15, -0.1) is 0 Å². The molecule has 0 aromatic heterocycles. The van der Waals surface area contributed by atoms with Crippen LogP contribution in [0.4, 0.5) is 0 Å². The molecule has 4 aliphatic carbocycles. The van der Waals surface area contributed by atoms with E-state index in [1.54, 1.807) is 0 Å². The molecule has 3 unspecified atom stereocenters. The van der Waals surface area contributed by atoms with Crippen molar-refractivity contribution in [3.05, 3.63) is 0 Å². The maximum atomic E-state index is 13.9. The number of ketones is 1. The zero-order chi connectivity index (χ0) is 21.8. The number of carbonyl (C=O) groups is 1. The maximum Gasteiger partial charge on any atom is 0.171 e. The Kier molecular flexibility index (Phi) is 4.62. The van der Waals surface area contributed by atoms with Crippen LogP contribution in [0.25, 0.3) is 0 Å². The third-order valence-corrected chi connectivity index (χ3v) is 11.7. The summed E-state index contributed by atoms with van der Waals surface area (Å²) in [6, 6.07) is 0. The van der Waals surface area contributed by atoms with Crippen molar-refractivity contribution in [2.75, 3.05) is 6.61 Å². The summed E-state index contributed by atoms with van der Waals surface area (Å²) < 4.78 is 13.2. The summed E-state index contributed by atoms with van der Waals surface area (Å²) in [4.78, 5) is 13.9. The van der Waals surface area contributed by atoms with Crippen molar-refractivity contribution in [2.24, 2.45) is 52.3 Å². The Morgan fingerprint density at radius 1 is 1.06 bits per heavy atom. The summed E-state index contributed by atoms with van der Waals surface area (Å²) in [5.74, 6) is 2.93. The van der Waals surface area contributed by atoms with Crippen molar-refractivity contribution >= 4 is 5.78 Å². The summed E-state index contributed by atoms with van der Waals surface area (Å²) in [6.07, 6.45) is 9.36. The predicted molar refractivity (Wildman–Crippen MR) is 118 cm³/mol. The van der Waals surface area contributed by atoms with Crippen molar-refractivity contribution in [1.29, 1.82) is 0 Å². The summed E-state index contributed by atoms with van der Waals surface area (Å²) >= 11 is 0. The molecular formula is C27H42O4. The fraction of sp³-hybridized carbons (Fsp3) is 0.963. The van der Waals surface area contributed by atoms with Gasteiger partial charge in [-0.2, -0.15) is 0 Å². The third-order valence-electron chi connectivity index (χ3n) is 11.7. The molecule has 6 fully saturated rings. The molecule has 6 aliphatic rings. The van der Waals surface area contributed by atoms with Gasteiger partial charge in [-0.25, -0.2) is 0 Å². The Morgan fingerprint density at radius 2 is 1.87 bits per heavy atom. The molecule has 1 N–H and O–H groups in total. The van der Waals surface area contributed by atoms with Crippen LogP contribution in [0.2, 0.25) is 0 Å². The molecule has 0 amide bonds. The summed E-state index contributed by atoms with van der Waals surface area (Å²) in [5.41, 5.74) is -0.200. The van der Waals surface area contributed by atoms with E-state index < -0.39 is 5.79 Å². The molecule has 4 heteroatoms. The highest BCUT2D eigenvalue weighted by molar-refractivity contribution is 5.84. The summed E-state index contributed by atoms with van der Waals surface area (Å²) in [5, 5.41) is 11.1. The van der Waals surface area contributed by atoms with Crippen LogP contribution in [0.15, 0.2) is 0 Å². The average Bonchev–Trinajstić information content (AvgIpc) is 3.16. The number of aliphatic hydroxyl groups excluding tert-OH is 1. The molecule has 1 spiro atoms. The minimum atomic E-state index is -0.418. The van der Waals surface area contributed by atoms with E-state index in [0.29, 0.717) is 47.7 Å². The van der Waals surface area contributed by atoms with Crippen molar-refractivity contribution in [3.8, 4) is 0 Å². The van der Waals surface area contributed by atoms with Crippen molar-refractivity contribution in [3.63, 3.8) is 0 Å². The monoisotopic (exact) mass is 430 g/mol. The van der Waals surface area contributed by atoms with Gasteiger partial charge >= 0.3 is 0 Å². The van der Waals surface area contributed by atoms with E-state index in [4.69, 9.17) is 9.47 Å².